The second-order valence-electron chi connectivity index (χ2n) is 4.82. The lowest BCUT2D eigenvalue weighted by molar-refractivity contribution is -0.116. The molecule has 0 fully saturated rings. The molecule has 0 bridgehead atoms. The number of benzene rings is 1. The monoisotopic (exact) mass is 359 g/mol. The second-order valence-corrected chi connectivity index (χ2v) is 6.74. The lowest BCUT2D eigenvalue weighted by Gasteiger charge is -2.10. The summed E-state index contributed by atoms with van der Waals surface area (Å²) in [5, 5.41) is 17.8. The molecule has 0 unspecified atom stereocenters. The van der Waals surface area contributed by atoms with Crippen LogP contribution in [-0.2, 0) is 4.79 Å². The summed E-state index contributed by atoms with van der Waals surface area (Å²) in [5.74, 6) is 0.352. The van der Waals surface area contributed by atoms with E-state index in [1.165, 1.54) is 23.1 Å². The van der Waals surface area contributed by atoms with Crippen LogP contribution in [0.3, 0.4) is 0 Å². The van der Waals surface area contributed by atoms with Crippen molar-refractivity contribution in [3.8, 4) is 6.07 Å². The van der Waals surface area contributed by atoms with Crippen LogP contribution >= 0.6 is 23.1 Å². The fourth-order valence-corrected chi connectivity index (χ4v) is 3.40. The largest absolute Gasteiger partial charge is 0.351 e. The Balaban J connectivity index is 1.80. The molecule has 0 atom stereocenters. The second kappa shape index (κ2) is 9.75. The van der Waals surface area contributed by atoms with Crippen LogP contribution in [-0.4, -0.2) is 24.1 Å². The highest BCUT2D eigenvalue weighted by molar-refractivity contribution is 7.99. The minimum atomic E-state index is -0.170. The van der Waals surface area contributed by atoms with E-state index in [1.807, 2.05) is 29.6 Å². The number of anilines is 1. The third kappa shape index (κ3) is 5.72. The summed E-state index contributed by atoms with van der Waals surface area (Å²) in [5.41, 5.74) is 1.34. The molecule has 1 aromatic heterocycles. The summed E-state index contributed by atoms with van der Waals surface area (Å²) in [6.07, 6.45) is 0.661. The van der Waals surface area contributed by atoms with Gasteiger partial charge in [-0.1, -0.05) is 12.1 Å². The highest BCUT2D eigenvalue weighted by Crippen LogP contribution is 2.27. The van der Waals surface area contributed by atoms with Crippen molar-refractivity contribution >= 4 is 40.6 Å². The molecule has 0 saturated carbocycles. The average molecular weight is 359 g/mol. The zero-order valence-corrected chi connectivity index (χ0v) is 14.6. The van der Waals surface area contributed by atoms with Gasteiger partial charge in [-0.15, -0.1) is 11.8 Å². The standard InChI is InChI=1S/C17H17N3O2S2/c18-8-3-10-24-15-5-2-1-4-14(15)20-16(21)6-9-19-17(22)13-7-11-23-12-13/h1-2,4-5,7,11-12H,3,6,9-10H2,(H,19,22)(H,20,21). The van der Waals surface area contributed by atoms with Gasteiger partial charge in [-0.25, -0.2) is 0 Å². The molecule has 1 heterocycles. The van der Waals surface area contributed by atoms with Crippen molar-refractivity contribution in [2.24, 2.45) is 0 Å². The Hall–Kier alpha value is -2.30. The number of para-hydroxylation sites is 1. The Morgan fingerprint density at radius 2 is 2.08 bits per heavy atom. The number of carbonyl (C=O) groups is 2. The lowest BCUT2D eigenvalue weighted by atomic mass is 10.3. The number of hydrogen-bond acceptors (Lipinski definition) is 5. The molecule has 1 aromatic carbocycles. The molecule has 0 saturated heterocycles. The summed E-state index contributed by atoms with van der Waals surface area (Å²) in [6, 6.07) is 11.3. The van der Waals surface area contributed by atoms with Gasteiger partial charge in [-0.05, 0) is 23.6 Å². The smallest absolute Gasteiger partial charge is 0.252 e. The maximum Gasteiger partial charge on any atom is 0.252 e. The zero-order valence-electron chi connectivity index (χ0n) is 13.0. The van der Waals surface area contributed by atoms with Crippen molar-refractivity contribution in [1.82, 2.24) is 5.32 Å². The minimum Gasteiger partial charge on any atom is -0.351 e. The van der Waals surface area contributed by atoms with Crippen LogP contribution in [0, 0.1) is 11.3 Å². The third-order valence-electron chi connectivity index (χ3n) is 3.05. The molecular formula is C17H17N3O2S2. The average Bonchev–Trinajstić information content (AvgIpc) is 3.11. The van der Waals surface area contributed by atoms with E-state index in [4.69, 9.17) is 5.26 Å². The Morgan fingerprint density at radius 3 is 2.83 bits per heavy atom. The normalized spacial score (nSPS) is 9.96. The van der Waals surface area contributed by atoms with Gasteiger partial charge in [0, 0.05) is 41.0 Å². The Labute approximate surface area is 149 Å². The van der Waals surface area contributed by atoms with Gasteiger partial charge in [0.2, 0.25) is 5.91 Å². The van der Waals surface area contributed by atoms with Gasteiger partial charge >= 0.3 is 0 Å². The zero-order chi connectivity index (χ0) is 17.2. The molecule has 0 aliphatic carbocycles. The summed E-state index contributed by atoms with van der Waals surface area (Å²) in [6.45, 7) is 0.282. The van der Waals surface area contributed by atoms with E-state index < -0.39 is 0 Å². The van der Waals surface area contributed by atoms with E-state index in [9.17, 15) is 9.59 Å². The highest BCUT2D eigenvalue weighted by Gasteiger charge is 2.09. The molecule has 5 nitrogen and oxygen atoms in total. The molecule has 24 heavy (non-hydrogen) atoms. The topological polar surface area (TPSA) is 82.0 Å². The van der Waals surface area contributed by atoms with Crippen molar-refractivity contribution in [2.75, 3.05) is 17.6 Å². The van der Waals surface area contributed by atoms with Crippen LogP contribution in [0.5, 0.6) is 0 Å². The molecular weight excluding hydrogens is 342 g/mol. The molecule has 2 N–H and O–H groups in total. The van der Waals surface area contributed by atoms with Crippen LogP contribution in [0.2, 0.25) is 0 Å². The maximum atomic E-state index is 12.0. The van der Waals surface area contributed by atoms with Gasteiger partial charge in [-0.3, -0.25) is 9.59 Å². The first-order chi connectivity index (χ1) is 11.7. The molecule has 124 valence electrons. The fraction of sp³-hybridized carbons (Fsp3) is 0.235. The molecule has 0 aliphatic rings. The highest BCUT2D eigenvalue weighted by atomic mass is 32.2. The molecule has 2 amide bonds. The summed E-state index contributed by atoms with van der Waals surface area (Å²) >= 11 is 2.99. The molecule has 2 rings (SSSR count). The maximum absolute atomic E-state index is 12.0. The van der Waals surface area contributed by atoms with Crippen molar-refractivity contribution in [1.29, 1.82) is 5.26 Å². The van der Waals surface area contributed by atoms with Gasteiger partial charge < -0.3 is 10.6 Å². The van der Waals surface area contributed by atoms with Crippen molar-refractivity contribution < 1.29 is 9.59 Å². The Kier molecular flexibility index (Phi) is 7.33. The first-order valence-electron chi connectivity index (χ1n) is 7.39. The third-order valence-corrected chi connectivity index (χ3v) is 4.81. The fourth-order valence-electron chi connectivity index (χ4n) is 1.90. The summed E-state index contributed by atoms with van der Waals surface area (Å²) in [4.78, 5) is 24.8. The number of nitrogens with one attached hydrogen (secondary N) is 2. The van der Waals surface area contributed by atoms with E-state index in [0.717, 1.165) is 10.6 Å². The molecule has 0 spiro atoms. The number of nitriles is 1. The number of amides is 2. The van der Waals surface area contributed by atoms with Gasteiger partial charge in [0.25, 0.3) is 5.91 Å². The van der Waals surface area contributed by atoms with E-state index >= 15 is 0 Å². The number of rotatable bonds is 8. The summed E-state index contributed by atoms with van der Waals surface area (Å²) < 4.78 is 0. The quantitative estimate of drug-likeness (QED) is 0.558. The van der Waals surface area contributed by atoms with Crippen LogP contribution in [0.15, 0.2) is 46.0 Å². The van der Waals surface area contributed by atoms with Gasteiger partial charge in [0.15, 0.2) is 0 Å². The number of thiophene rings is 1. The van der Waals surface area contributed by atoms with E-state index in [1.54, 1.807) is 11.4 Å². The van der Waals surface area contributed by atoms with E-state index in [2.05, 4.69) is 16.7 Å². The predicted molar refractivity (Wildman–Crippen MR) is 97.3 cm³/mol. The molecule has 0 radical (unpaired) electrons. The minimum absolute atomic E-state index is 0.158. The molecule has 7 heteroatoms. The van der Waals surface area contributed by atoms with Gasteiger partial charge in [-0.2, -0.15) is 16.6 Å². The number of hydrogen-bond donors (Lipinski definition) is 2. The van der Waals surface area contributed by atoms with Crippen molar-refractivity contribution in [3.63, 3.8) is 0 Å². The predicted octanol–water partition coefficient (Wildman–Crippen LogP) is 3.51. The number of carbonyl (C=O) groups excluding carboxylic acids is 2. The van der Waals surface area contributed by atoms with Crippen molar-refractivity contribution in [2.45, 2.75) is 17.7 Å². The number of thioether (sulfide) groups is 1. The van der Waals surface area contributed by atoms with E-state index in [-0.39, 0.29) is 24.8 Å². The van der Waals surface area contributed by atoms with Crippen LogP contribution < -0.4 is 10.6 Å². The number of nitrogens with zero attached hydrogens (tertiary/aromatic N) is 1. The Morgan fingerprint density at radius 1 is 1.25 bits per heavy atom. The van der Waals surface area contributed by atoms with Crippen LogP contribution in [0.1, 0.15) is 23.2 Å². The SMILES string of the molecule is N#CCCSc1ccccc1NC(=O)CCNC(=O)c1ccsc1. The molecule has 0 aliphatic heterocycles. The van der Waals surface area contributed by atoms with E-state index in [0.29, 0.717) is 17.7 Å². The van der Waals surface area contributed by atoms with Crippen molar-refractivity contribution in [3.05, 3.63) is 46.7 Å². The first-order valence-corrected chi connectivity index (χ1v) is 9.32. The van der Waals surface area contributed by atoms with Crippen LogP contribution in [0.4, 0.5) is 5.69 Å². The first kappa shape index (κ1) is 18.0. The van der Waals surface area contributed by atoms with Gasteiger partial charge in [0.05, 0.1) is 11.8 Å². The summed E-state index contributed by atoms with van der Waals surface area (Å²) in [7, 11) is 0. The Bertz CT molecular complexity index is 724. The van der Waals surface area contributed by atoms with Gasteiger partial charge in [0.1, 0.15) is 0 Å². The lowest BCUT2D eigenvalue weighted by Crippen LogP contribution is -2.27. The van der Waals surface area contributed by atoms with Crippen LogP contribution in [0.25, 0.3) is 0 Å². The molecule has 2 aromatic rings.